The van der Waals surface area contributed by atoms with Gasteiger partial charge in [0, 0.05) is 19.3 Å². The first-order valence-corrected chi connectivity index (χ1v) is 6.17. The van der Waals surface area contributed by atoms with Crippen LogP contribution in [0.3, 0.4) is 0 Å². The summed E-state index contributed by atoms with van der Waals surface area (Å²) in [5.41, 5.74) is 0.319. The lowest BCUT2D eigenvalue weighted by molar-refractivity contribution is 0.0696. The molecule has 1 aliphatic rings. The van der Waals surface area contributed by atoms with Crippen LogP contribution in [0.15, 0.2) is 18.3 Å². The number of hydrogen-bond donors (Lipinski definition) is 1. The Balaban J connectivity index is 2.16. The van der Waals surface area contributed by atoms with E-state index in [1.165, 1.54) is 18.3 Å². The van der Waals surface area contributed by atoms with Crippen molar-refractivity contribution >= 4 is 11.9 Å². The van der Waals surface area contributed by atoms with Crippen molar-refractivity contribution in [2.45, 2.75) is 25.7 Å². The van der Waals surface area contributed by atoms with Gasteiger partial charge in [0.2, 0.25) is 0 Å². The molecule has 0 radical (unpaired) electrons. The number of nitrogens with zero attached hydrogens (tertiary/aromatic N) is 2. The third kappa shape index (κ3) is 2.85. The van der Waals surface area contributed by atoms with Crippen molar-refractivity contribution < 1.29 is 14.7 Å². The van der Waals surface area contributed by atoms with E-state index in [1.807, 2.05) is 0 Å². The highest BCUT2D eigenvalue weighted by Crippen LogP contribution is 2.13. The van der Waals surface area contributed by atoms with Crippen molar-refractivity contribution in [2.24, 2.45) is 0 Å². The van der Waals surface area contributed by atoms with Crippen molar-refractivity contribution in [3.05, 3.63) is 29.6 Å². The number of hydrogen-bond acceptors (Lipinski definition) is 3. The Hall–Kier alpha value is -1.91. The van der Waals surface area contributed by atoms with E-state index in [9.17, 15) is 9.59 Å². The van der Waals surface area contributed by atoms with Gasteiger partial charge in [0.1, 0.15) is 5.69 Å². The molecule has 1 N–H and O–H groups in total. The Labute approximate surface area is 105 Å². The zero-order valence-electron chi connectivity index (χ0n) is 10.1. The predicted octanol–water partition coefficient (Wildman–Crippen LogP) is 1.80. The predicted molar refractivity (Wildman–Crippen MR) is 65.6 cm³/mol. The van der Waals surface area contributed by atoms with Gasteiger partial charge < -0.3 is 10.0 Å². The van der Waals surface area contributed by atoms with Gasteiger partial charge in [0.15, 0.2) is 0 Å². The smallest absolute Gasteiger partial charge is 0.335 e. The van der Waals surface area contributed by atoms with Gasteiger partial charge >= 0.3 is 5.97 Å². The Morgan fingerprint density at radius 1 is 1.17 bits per heavy atom. The minimum atomic E-state index is -1.04. The fourth-order valence-corrected chi connectivity index (χ4v) is 2.12. The van der Waals surface area contributed by atoms with Crippen LogP contribution in [-0.4, -0.2) is 40.0 Å². The number of rotatable bonds is 2. The maximum Gasteiger partial charge on any atom is 0.335 e. The van der Waals surface area contributed by atoms with Crippen LogP contribution in [0.4, 0.5) is 0 Å². The van der Waals surface area contributed by atoms with E-state index in [1.54, 1.807) is 4.90 Å². The summed E-state index contributed by atoms with van der Waals surface area (Å²) in [5, 5.41) is 8.89. The molecule has 0 saturated carbocycles. The van der Waals surface area contributed by atoms with E-state index in [0.717, 1.165) is 38.8 Å². The van der Waals surface area contributed by atoms with Gasteiger partial charge in [-0.3, -0.25) is 9.78 Å². The van der Waals surface area contributed by atoms with Crippen molar-refractivity contribution in [1.29, 1.82) is 0 Å². The fraction of sp³-hybridized carbons (Fsp3) is 0.462. The fourth-order valence-electron chi connectivity index (χ4n) is 2.12. The van der Waals surface area contributed by atoms with Crippen LogP contribution in [0.1, 0.15) is 46.5 Å². The normalized spacial score (nSPS) is 16.1. The van der Waals surface area contributed by atoms with Crippen molar-refractivity contribution in [3.8, 4) is 0 Å². The summed E-state index contributed by atoms with van der Waals surface area (Å²) in [6, 6.07) is 2.73. The molecule has 0 aromatic carbocycles. The minimum Gasteiger partial charge on any atom is -0.478 e. The van der Waals surface area contributed by atoms with E-state index in [2.05, 4.69) is 4.98 Å². The summed E-state index contributed by atoms with van der Waals surface area (Å²) < 4.78 is 0. The Morgan fingerprint density at radius 3 is 2.44 bits per heavy atom. The van der Waals surface area contributed by atoms with Gasteiger partial charge in [-0.15, -0.1) is 0 Å². The molecule has 18 heavy (non-hydrogen) atoms. The summed E-state index contributed by atoms with van der Waals surface area (Å²) in [6.07, 6.45) is 5.67. The zero-order chi connectivity index (χ0) is 13.0. The van der Waals surface area contributed by atoms with Crippen LogP contribution < -0.4 is 0 Å². The molecule has 0 unspecified atom stereocenters. The van der Waals surface area contributed by atoms with E-state index in [4.69, 9.17) is 5.11 Å². The molecule has 1 amide bonds. The summed E-state index contributed by atoms with van der Waals surface area (Å²) >= 11 is 0. The largest absolute Gasteiger partial charge is 0.478 e. The maximum atomic E-state index is 12.2. The molecule has 1 fully saturated rings. The number of carboxylic acids is 1. The van der Waals surface area contributed by atoms with Gasteiger partial charge in [0.25, 0.3) is 5.91 Å². The number of pyridine rings is 1. The van der Waals surface area contributed by atoms with Crippen LogP contribution in [0.25, 0.3) is 0 Å². The molecule has 1 aliphatic heterocycles. The van der Waals surface area contributed by atoms with Crippen LogP contribution in [0, 0.1) is 0 Å². The number of carbonyl (C=O) groups excluding carboxylic acids is 1. The molecule has 0 bridgehead atoms. The Morgan fingerprint density at radius 2 is 1.83 bits per heavy atom. The van der Waals surface area contributed by atoms with Crippen molar-refractivity contribution in [1.82, 2.24) is 9.88 Å². The summed E-state index contributed by atoms with van der Waals surface area (Å²) in [6.45, 7) is 1.47. The van der Waals surface area contributed by atoms with Crippen LogP contribution in [0.2, 0.25) is 0 Å². The molecule has 5 heteroatoms. The molecular formula is C13H16N2O3. The molecule has 96 valence electrons. The molecule has 2 heterocycles. The first-order chi connectivity index (χ1) is 8.68. The van der Waals surface area contributed by atoms with Gasteiger partial charge in [-0.25, -0.2) is 4.79 Å². The average Bonchev–Trinajstić information content (AvgIpc) is 2.67. The molecular weight excluding hydrogens is 232 g/mol. The molecule has 1 saturated heterocycles. The quantitative estimate of drug-likeness (QED) is 0.866. The summed E-state index contributed by atoms with van der Waals surface area (Å²) in [5.74, 6) is -1.21. The maximum absolute atomic E-state index is 12.2. The minimum absolute atomic E-state index is 0.100. The number of carbonyl (C=O) groups is 2. The molecule has 1 aromatic heterocycles. The van der Waals surface area contributed by atoms with Crippen molar-refractivity contribution in [3.63, 3.8) is 0 Å². The van der Waals surface area contributed by atoms with Gasteiger partial charge in [-0.2, -0.15) is 0 Å². The van der Waals surface area contributed by atoms with E-state index < -0.39 is 5.97 Å². The molecule has 5 nitrogen and oxygen atoms in total. The van der Waals surface area contributed by atoms with E-state index in [0.29, 0.717) is 0 Å². The average molecular weight is 248 g/mol. The molecule has 2 rings (SSSR count). The number of carboxylic acid groups (broad SMARTS) is 1. The lowest BCUT2D eigenvalue weighted by atomic mass is 10.2. The third-order valence-electron chi connectivity index (χ3n) is 3.12. The highest BCUT2D eigenvalue weighted by atomic mass is 16.4. The number of likely N-dealkylation sites (tertiary alicyclic amines) is 1. The third-order valence-corrected chi connectivity index (χ3v) is 3.12. The topological polar surface area (TPSA) is 70.5 Å². The SMILES string of the molecule is O=C(O)c1ccnc(C(=O)N2CCCCCC2)c1. The molecule has 0 spiro atoms. The molecule has 1 aromatic rings. The van der Waals surface area contributed by atoms with Crippen molar-refractivity contribution in [2.75, 3.05) is 13.1 Å². The van der Waals surface area contributed by atoms with Gasteiger partial charge in [-0.1, -0.05) is 12.8 Å². The van der Waals surface area contributed by atoms with Gasteiger partial charge in [0.05, 0.1) is 5.56 Å². The lowest BCUT2D eigenvalue weighted by Crippen LogP contribution is -2.32. The second kappa shape index (κ2) is 5.62. The Bertz CT molecular complexity index is 451. The first-order valence-electron chi connectivity index (χ1n) is 6.17. The zero-order valence-corrected chi connectivity index (χ0v) is 10.1. The lowest BCUT2D eigenvalue weighted by Gasteiger charge is -2.19. The van der Waals surface area contributed by atoms with Gasteiger partial charge in [-0.05, 0) is 25.0 Å². The van der Waals surface area contributed by atoms with Crippen LogP contribution in [0.5, 0.6) is 0 Å². The summed E-state index contributed by atoms with van der Waals surface area (Å²) in [7, 11) is 0. The highest BCUT2D eigenvalue weighted by Gasteiger charge is 2.19. The summed E-state index contributed by atoms with van der Waals surface area (Å²) in [4.78, 5) is 28.8. The standard InChI is InChI=1S/C13H16N2O3/c16-12(15-7-3-1-2-4-8-15)11-9-10(13(17)18)5-6-14-11/h5-6,9H,1-4,7-8H2,(H,17,18). The first kappa shape index (κ1) is 12.5. The van der Waals surface area contributed by atoms with Crippen LogP contribution >= 0.6 is 0 Å². The van der Waals surface area contributed by atoms with E-state index in [-0.39, 0.29) is 17.2 Å². The monoisotopic (exact) mass is 248 g/mol. The molecule has 0 atom stereocenters. The number of amides is 1. The second-order valence-electron chi connectivity index (χ2n) is 4.44. The molecule has 0 aliphatic carbocycles. The second-order valence-corrected chi connectivity index (χ2v) is 4.44. The number of aromatic nitrogens is 1. The van der Waals surface area contributed by atoms with Crippen LogP contribution in [-0.2, 0) is 0 Å². The van der Waals surface area contributed by atoms with E-state index >= 15 is 0 Å². The number of aromatic carboxylic acids is 1. The Kier molecular flexibility index (Phi) is 3.92. The highest BCUT2D eigenvalue weighted by molar-refractivity contribution is 5.95.